The molecule has 1 atom stereocenters. The molecular weight excluding hydrogens is 182 g/mol. The van der Waals surface area contributed by atoms with Gasteiger partial charge >= 0.3 is 6.09 Å². The Morgan fingerprint density at radius 2 is 2.25 bits per heavy atom. The predicted molar refractivity (Wildman–Crippen MR) is 40.5 cm³/mol. The zero-order valence-electron chi connectivity index (χ0n) is 6.37. The van der Waals surface area contributed by atoms with E-state index in [1.807, 2.05) is 0 Å². The molecule has 0 saturated carbocycles. The highest BCUT2D eigenvalue weighted by molar-refractivity contribution is 7.91. The molecule has 12 heavy (non-hydrogen) atoms. The monoisotopic (exact) mass is 191 g/mol. The summed E-state index contributed by atoms with van der Waals surface area (Å²) in [5, 5.41) is 2.46. The molecular formula is C6H9NO4S. The highest BCUT2D eigenvalue weighted by Crippen LogP contribution is 2.29. The standard InChI is InChI=1S/C6H9NO4S/c8-5-7-3-6(11-5)1-2-12(9,10)4-6/h1-4H2,(H,7,8). The van der Waals surface area contributed by atoms with Gasteiger partial charge in [-0.05, 0) is 0 Å². The second-order valence-corrected chi connectivity index (χ2v) is 5.45. The lowest BCUT2D eigenvalue weighted by Gasteiger charge is -2.16. The lowest BCUT2D eigenvalue weighted by molar-refractivity contribution is 0.0778. The van der Waals surface area contributed by atoms with Crippen molar-refractivity contribution in [3.63, 3.8) is 0 Å². The minimum atomic E-state index is -2.98. The number of carbonyl (C=O) groups is 1. The molecule has 2 saturated heterocycles. The molecule has 0 aromatic heterocycles. The van der Waals surface area contributed by atoms with Crippen LogP contribution in [0.5, 0.6) is 0 Å². The van der Waals surface area contributed by atoms with Gasteiger partial charge in [0, 0.05) is 6.42 Å². The van der Waals surface area contributed by atoms with Crippen molar-refractivity contribution < 1.29 is 17.9 Å². The summed E-state index contributed by atoms with van der Waals surface area (Å²) >= 11 is 0. The van der Waals surface area contributed by atoms with Crippen LogP contribution in [0.3, 0.4) is 0 Å². The highest BCUT2D eigenvalue weighted by Gasteiger charge is 2.49. The zero-order valence-corrected chi connectivity index (χ0v) is 7.19. The van der Waals surface area contributed by atoms with Crippen LogP contribution in [0.1, 0.15) is 6.42 Å². The van der Waals surface area contributed by atoms with Gasteiger partial charge in [0.05, 0.1) is 18.1 Å². The first-order valence-corrected chi connectivity index (χ1v) is 5.51. The van der Waals surface area contributed by atoms with Gasteiger partial charge in [-0.1, -0.05) is 0 Å². The van der Waals surface area contributed by atoms with Crippen LogP contribution >= 0.6 is 0 Å². The van der Waals surface area contributed by atoms with E-state index in [0.29, 0.717) is 13.0 Å². The fraction of sp³-hybridized carbons (Fsp3) is 0.833. The van der Waals surface area contributed by atoms with Gasteiger partial charge in [0.25, 0.3) is 0 Å². The van der Waals surface area contributed by atoms with E-state index in [9.17, 15) is 13.2 Å². The van der Waals surface area contributed by atoms with Gasteiger partial charge in [-0.3, -0.25) is 0 Å². The van der Waals surface area contributed by atoms with Crippen molar-refractivity contribution in [3.05, 3.63) is 0 Å². The first-order chi connectivity index (χ1) is 5.52. The van der Waals surface area contributed by atoms with E-state index in [2.05, 4.69) is 5.32 Å². The third-order valence-corrected chi connectivity index (χ3v) is 4.01. The Kier molecular flexibility index (Phi) is 1.39. The number of hydrogen-bond donors (Lipinski definition) is 1. The molecule has 1 unspecified atom stereocenters. The first-order valence-electron chi connectivity index (χ1n) is 3.69. The Bertz CT molecular complexity index is 322. The molecule has 0 bridgehead atoms. The zero-order chi connectivity index (χ0) is 8.82. The molecule has 2 rings (SSSR count). The summed E-state index contributed by atoms with van der Waals surface area (Å²) in [6.07, 6.45) is -0.0826. The van der Waals surface area contributed by atoms with Crippen molar-refractivity contribution in [3.8, 4) is 0 Å². The van der Waals surface area contributed by atoms with Crippen molar-refractivity contribution >= 4 is 15.9 Å². The number of sulfone groups is 1. The van der Waals surface area contributed by atoms with Crippen molar-refractivity contribution in [1.29, 1.82) is 0 Å². The SMILES string of the molecule is O=C1NCC2(CCS(=O)(=O)C2)O1. The Balaban J connectivity index is 2.22. The van der Waals surface area contributed by atoms with Gasteiger partial charge < -0.3 is 10.1 Å². The number of ether oxygens (including phenoxy) is 1. The van der Waals surface area contributed by atoms with Crippen LogP contribution in [0, 0.1) is 0 Å². The molecule has 5 nitrogen and oxygen atoms in total. The number of rotatable bonds is 0. The van der Waals surface area contributed by atoms with Gasteiger partial charge in [-0.15, -0.1) is 0 Å². The van der Waals surface area contributed by atoms with Crippen molar-refractivity contribution in [1.82, 2.24) is 5.32 Å². The highest BCUT2D eigenvalue weighted by atomic mass is 32.2. The topological polar surface area (TPSA) is 72.5 Å². The third-order valence-electron chi connectivity index (χ3n) is 2.22. The average molecular weight is 191 g/mol. The maximum atomic E-state index is 11.1. The van der Waals surface area contributed by atoms with Crippen LogP contribution in [-0.2, 0) is 14.6 Å². The van der Waals surface area contributed by atoms with Gasteiger partial charge in [0.1, 0.15) is 5.60 Å². The molecule has 0 radical (unpaired) electrons. The predicted octanol–water partition coefficient (Wildman–Crippen LogP) is -0.716. The fourth-order valence-electron chi connectivity index (χ4n) is 1.61. The molecule has 2 heterocycles. The Morgan fingerprint density at radius 3 is 2.67 bits per heavy atom. The van der Waals surface area contributed by atoms with Crippen LogP contribution < -0.4 is 5.32 Å². The Morgan fingerprint density at radius 1 is 1.50 bits per heavy atom. The minimum Gasteiger partial charge on any atom is -0.440 e. The van der Waals surface area contributed by atoms with E-state index in [-0.39, 0.29) is 11.5 Å². The smallest absolute Gasteiger partial charge is 0.407 e. The molecule has 2 fully saturated rings. The molecule has 1 amide bonds. The van der Waals surface area contributed by atoms with Crippen LogP contribution in [-0.4, -0.2) is 38.2 Å². The summed E-state index contributed by atoms with van der Waals surface area (Å²) in [4.78, 5) is 10.7. The summed E-state index contributed by atoms with van der Waals surface area (Å²) in [6.45, 7) is 0.324. The summed E-state index contributed by atoms with van der Waals surface area (Å²) in [5.41, 5.74) is -0.754. The number of alkyl carbamates (subject to hydrolysis) is 1. The maximum Gasteiger partial charge on any atom is 0.407 e. The van der Waals surface area contributed by atoms with E-state index >= 15 is 0 Å². The number of nitrogens with one attached hydrogen (secondary N) is 1. The van der Waals surface area contributed by atoms with Gasteiger partial charge in [0.15, 0.2) is 9.84 Å². The van der Waals surface area contributed by atoms with E-state index in [1.54, 1.807) is 0 Å². The molecule has 0 aromatic carbocycles. The van der Waals surface area contributed by atoms with Gasteiger partial charge in [-0.25, -0.2) is 13.2 Å². The fourth-order valence-corrected chi connectivity index (χ4v) is 3.54. The van der Waals surface area contributed by atoms with Crippen LogP contribution in [0.15, 0.2) is 0 Å². The second-order valence-electron chi connectivity index (χ2n) is 3.27. The quantitative estimate of drug-likeness (QED) is 0.548. The number of carbonyl (C=O) groups excluding carboxylic acids is 1. The molecule has 68 valence electrons. The molecule has 1 N–H and O–H groups in total. The average Bonchev–Trinajstić information content (AvgIpc) is 2.41. The van der Waals surface area contributed by atoms with Gasteiger partial charge in [0.2, 0.25) is 0 Å². The second kappa shape index (κ2) is 2.12. The third kappa shape index (κ3) is 1.16. The van der Waals surface area contributed by atoms with E-state index in [0.717, 1.165) is 0 Å². The molecule has 2 aliphatic heterocycles. The van der Waals surface area contributed by atoms with Gasteiger partial charge in [-0.2, -0.15) is 0 Å². The normalized spacial score (nSPS) is 38.2. The Labute approximate surface area is 70.0 Å². The minimum absolute atomic E-state index is 0.0290. The maximum absolute atomic E-state index is 11.1. The number of amides is 1. The lowest BCUT2D eigenvalue weighted by atomic mass is 10.1. The van der Waals surface area contributed by atoms with Crippen LogP contribution in [0.25, 0.3) is 0 Å². The van der Waals surface area contributed by atoms with Crippen molar-refractivity contribution in [2.24, 2.45) is 0 Å². The first kappa shape index (κ1) is 7.85. The molecule has 0 aromatic rings. The lowest BCUT2D eigenvalue weighted by Crippen LogP contribution is -2.34. The molecule has 1 spiro atoms. The molecule has 6 heteroatoms. The summed E-state index contributed by atoms with van der Waals surface area (Å²) < 4.78 is 27.1. The largest absolute Gasteiger partial charge is 0.440 e. The summed E-state index contributed by atoms with van der Waals surface area (Å²) in [5.74, 6) is 0.0979. The number of hydrogen-bond acceptors (Lipinski definition) is 4. The van der Waals surface area contributed by atoms with E-state index in [1.165, 1.54) is 0 Å². The van der Waals surface area contributed by atoms with Crippen LogP contribution in [0.4, 0.5) is 4.79 Å². The Hall–Kier alpha value is -0.780. The van der Waals surface area contributed by atoms with Crippen molar-refractivity contribution in [2.75, 3.05) is 18.1 Å². The van der Waals surface area contributed by atoms with E-state index < -0.39 is 21.5 Å². The summed E-state index contributed by atoms with van der Waals surface area (Å²) in [6, 6.07) is 0. The molecule has 2 aliphatic rings. The summed E-state index contributed by atoms with van der Waals surface area (Å²) in [7, 11) is -2.98. The molecule has 0 aliphatic carbocycles. The van der Waals surface area contributed by atoms with Crippen molar-refractivity contribution in [2.45, 2.75) is 12.0 Å². The van der Waals surface area contributed by atoms with Crippen LogP contribution in [0.2, 0.25) is 0 Å². The van der Waals surface area contributed by atoms with E-state index in [4.69, 9.17) is 4.74 Å².